The molecule has 1 aromatic rings. The molecule has 1 atom stereocenters. The van der Waals surface area contributed by atoms with Gasteiger partial charge >= 0.3 is 6.09 Å². The van der Waals surface area contributed by atoms with Crippen LogP contribution < -0.4 is 5.32 Å². The van der Waals surface area contributed by atoms with Crippen LogP contribution in [-0.2, 0) is 4.74 Å². The number of hydrogen-bond donors (Lipinski definition) is 1. The summed E-state index contributed by atoms with van der Waals surface area (Å²) >= 11 is 0. The molecule has 0 radical (unpaired) electrons. The van der Waals surface area contributed by atoms with E-state index in [9.17, 15) is 14.9 Å². The number of ether oxygens (including phenoxy) is 1. The van der Waals surface area contributed by atoms with Gasteiger partial charge in [-0.25, -0.2) is 4.79 Å². The van der Waals surface area contributed by atoms with Crippen molar-refractivity contribution in [3.8, 4) is 0 Å². The first-order chi connectivity index (χ1) is 7.59. The van der Waals surface area contributed by atoms with Crippen molar-refractivity contribution in [3.63, 3.8) is 0 Å². The Hall–Kier alpha value is -2.11. The molecule has 0 bridgehead atoms. The van der Waals surface area contributed by atoms with Crippen molar-refractivity contribution in [3.05, 3.63) is 39.4 Å². The van der Waals surface area contributed by atoms with E-state index in [1.165, 1.54) is 6.07 Å². The van der Waals surface area contributed by atoms with Crippen LogP contribution in [0.1, 0.15) is 17.2 Å². The highest BCUT2D eigenvalue weighted by molar-refractivity contribution is 5.70. The molecule has 16 heavy (non-hydrogen) atoms. The highest BCUT2D eigenvalue weighted by Crippen LogP contribution is 2.32. The van der Waals surface area contributed by atoms with Crippen LogP contribution in [0.2, 0.25) is 0 Å². The number of amides is 1. The number of benzene rings is 1. The van der Waals surface area contributed by atoms with Crippen LogP contribution in [-0.4, -0.2) is 17.6 Å². The Morgan fingerprint density at radius 3 is 2.88 bits per heavy atom. The first-order valence-corrected chi connectivity index (χ1v) is 4.78. The Balaban J connectivity index is 2.46. The predicted molar refractivity (Wildman–Crippen MR) is 55.1 cm³/mol. The fourth-order valence-corrected chi connectivity index (χ4v) is 1.79. The van der Waals surface area contributed by atoms with Gasteiger partial charge in [0.25, 0.3) is 5.69 Å². The standard InChI is InChI=1S/C10H10N2O4/c1-6-3-2-4-7(12(14)15)9(6)8-5-11-10(13)16-8/h2-4,8H,5H2,1H3,(H,11,13). The van der Waals surface area contributed by atoms with Crippen LogP contribution in [0.5, 0.6) is 0 Å². The van der Waals surface area contributed by atoms with E-state index in [0.717, 1.165) is 5.56 Å². The molecule has 0 aliphatic carbocycles. The molecule has 0 aromatic heterocycles. The van der Waals surface area contributed by atoms with Gasteiger partial charge < -0.3 is 10.1 Å². The average Bonchev–Trinajstić information content (AvgIpc) is 2.64. The molecule has 1 aliphatic rings. The molecule has 1 fully saturated rings. The number of aryl methyl sites for hydroxylation is 1. The van der Waals surface area contributed by atoms with Crippen molar-refractivity contribution in [1.82, 2.24) is 5.32 Å². The van der Waals surface area contributed by atoms with Crippen LogP contribution in [0, 0.1) is 17.0 Å². The zero-order valence-electron chi connectivity index (χ0n) is 8.60. The van der Waals surface area contributed by atoms with Gasteiger partial charge in [-0.1, -0.05) is 12.1 Å². The fraction of sp³-hybridized carbons (Fsp3) is 0.300. The first kappa shape index (κ1) is 10.4. The van der Waals surface area contributed by atoms with Crippen LogP contribution in [0.4, 0.5) is 10.5 Å². The van der Waals surface area contributed by atoms with Gasteiger partial charge in [-0.05, 0) is 12.5 Å². The van der Waals surface area contributed by atoms with E-state index in [2.05, 4.69) is 5.32 Å². The molecule has 1 amide bonds. The van der Waals surface area contributed by atoms with Crippen molar-refractivity contribution in [2.45, 2.75) is 13.0 Å². The van der Waals surface area contributed by atoms with Gasteiger partial charge in [0, 0.05) is 6.07 Å². The second kappa shape index (κ2) is 3.80. The summed E-state index contributed by atoms with van der Waals surface area (Å²) in [7, 11) is 0. The Morgan fingerprint density at radius 2 is 2.31 bits per heavy atom. The Bertz CT molecular complexity index is 458. The number of hydrogen-bond acceptors (Lipinski definition) is 4. The first-order valence-electron chi connectivity index (χ1n) is 4.78. The third-order valence-electron chi connectivity index (χ3n) is 2.50. The molecule has 6 nitrogen and oxygen atoms in total. The molecule has 1 N–H and O–H groups in total. The lowest BCUT2D eigenvalue weighted by Crippen LogP contribution is -2.13. The molecule has 1 saturated heterocycles. The molecular weight excluding hydrogens is 212 g/mol. The number of nitrogens with one attached hydrogen (secondary N) is 1. The Morgan fingerprint density at radius 1 is 1.56 bits per heavy atom. The normalized spacial score (nSPS) is 19.1. The highest BCUT2D eigenvalue weighted by atomic mass is 16.6. The third kappa shape index (κ3) is 1.69. The van der Waals surface area contributed by atoms with Gasteiger partial charge in [0.05, 0.1) is 17.0 Å². The molecular formula is C10H10N2O4. The molecule has 0 saturated carbocycles. The number of alkyl carbamates (subject to hydrolysis) is 1. The lowest BCUT2D eigenvalue weighted by atomic mass is 10.0. The maximum Gasteiger partial charge on any atom is 0.407 e. The average molecular weight is 222 g/mol. The van der Waals surface area contributed by atoms with Crippen LogP contribution in [0.3, 0.4) is 0 Å². The van der Waals surface area contributed by atoms with E-state index >= 15 is 0 Å². The van der Waals surface area contributed by atoms with Crippen molar-refractivity contribution in [2.24, 2.45) is 0 Å². The molecule has 1 unspecified atom stereocenters. The van der Waals surface area contributed by atoms with Crippen LogP contribution >= 0.6 is 0 Å². The number of cyclic esters (lactones) is 1. The summed E-state index contributed by atoms with van der Waals surface area (Å²) in [5.74, 6) is 0. The van der Waals surface area contributed by atoms with Gasteiger partial charge in [-0.2, -0.15) is 0 Å². The second-order valence-electron chi connectivity index (χ2n) is 3.54. The largest absolute Gasteiger partial charge is 0.439 e. The number of carbonyl (C=O) groups is 1. The smallest absolute Gasteiger partial charge is 0.407 e. The number of carbonyl (C=O) groups excluding carboxylic acids is 1. The quantitative estimate of drug-likeness (QED) is 0.609. The van der Waals surface area contributed by atoms with Crippen LogP contribution in [0.25, 0.3) is 0 Å². The van der Waals surface area contributed by atoms with E-state index in [-0.39, 0.29) is 12.2 Å². The summed E-state index contributed by atoms with van der Waals surface area (Å²) in [6, 6.07) is 4.78. The van der Waals surface area contributed by atoms with Gasteiger partial charge in [0.1, 0.15) is 0 Å². The molecule has 1 heterocycles. The van der Waals surface area contributed by atoms with Gasteiger partial charge in [0.2, 0.25) is 0 Å². The summed E-state index contributed by atoms with van der Waals surface area (Å²) in [6.07, 6.45) is -1.11. The number of nitro benzene ring substituents is 1. The highest BCUT2D eigenvalue weighted by Gasteiger charge is 2.31. The van der Waals surface area contributed by atoms with E-state index in [1.807, 2.05) is 0 Å². The monoisotopic (exact) mass is 222 g/mol. The third-order valence-corrected chi connectivity index (χ3v) is 2.50. The van der Waals surface area contributed by atoms with E-state index < -0.39 is 17.1 Å². The molecule has 6 heteroatoms. The minimum atomic E-state index is -0.575. The summed E-state index contributed by atoms with van der Waals surface area (Å²) < 4.78 is 4.96. The van der Waals surface area contributed by atoms with Crippen molar-refractivity contribution >= 4 is 11.8 Å². The number of rotatable bonds is 2. The Kier molecular flexibility index (Phi) is 2.47. The lowest BCUT2D eigenvalue weighted by Gasteiger charge is -2.11. The van der Waals surface area contributed by atoms with E-state index in [1.54, 1.807) is 19.1 Å². The van der Waals surface area contributed by atoms with Crippen molar-refractivity contribution in [2.75, 3.05) is 6.54 Å². The molecule has 1 aromatic carbocycles. The zero-order chi connectivity index (χ0) is 11.7. The van der Waals surface area contributed by atoms with Crippen molar-refractivity contribution < 1.29 is 14.5 Å². The molecule has 2 rings (SSSR count). The fourth-order valence-electron chi connectivity index (χ4n) is 1.79. The SMILES string of the molecule is Cc1cccc([N+](=O)[O-])c1C1CNC(=O)O1. The van der Waals surface area contributed by atoms with Gasteiger partial charge in [-0.3, -0.25) is 10.1 Å². The maximum atomic E-state index is 10.9. The van der Waals surface area contributed by atoms with Crippen LogP contribution in [0.15, 0.2) is 18.2 Å². The lowest BCUT2D eigenvalue weighted by molar-refractivity contribution is -0.386. The molecule has 0 spiro atoms. The van der Waals surface area contributed by atoms with Crippen molar-refractivity contribution in [1.29, 1.82) is 0 Å². The minimum Gasteiger partial charge on any atom is -0.439 e. The maximum absolute atomic E-state index is 10.9. The topological polar surface area (TPSA) is 81.5 Å². The molecule has 1 aliphatic heterocycles. The zero-order valence-corrected chi connectivity index (χ0v) is 8.60. The van der Waals surface area contributed by atoms with E-state index in [4.69, 9.17) is 4.74 Å². The second-order valence-corrected chi connectivity index (χ2v) is 3.54. The van der Waals surface area contributed by atoms with Gasteiger partial charge in [0.15, 0.2) is 6.10 Å². The van der Waals surface area contributed by atoms with Gasteiger partial charge in [-0.15, -0.1) is 0 Å². The number of nitro groups is 1. The summed E-state index contributed by atoms with van der Waals surface area (Å²) in [6.45, 7) is 2.03. The number of nitrogens with zero attached hydrogens (tertiary/aromatic N) is 1. The summed E-state index contributed by atoms with van der Waals surface area (Å²) in [5, 5.41) is 13.3. The van der Waals surface area contributed by atoms with E-state index in [0.29, 0.717) is 5.56 Å². The summed E-state index contributed by atoms with van der Waals surface area (Å²) in [5.41, 5.74) is 1.20. The Labute approximate surface area is 91.4 Å². The predicted octanol–water partition coefficient (Wildman–Crippen LogP) is 1.68. The molecule has 84 valence electrons. The minimum absolute atomic E-state index is 0.0125. The summed E-state index contributed by atoms with van der Waals surface area (Å²) in [4.78, 5) is 21.3.